The van der Waals surface area contributed by atoms with Crippen LogP contribution in [0.25, 0.3) is 5.57 Å². The molecule has 0 aromatic heterocycles. The lowest BCUT2D eigenvalue weighted by Gasteiger charge is -2.22. The van der Waals surface area contributed by atoms with Crippen LogP contribution in [0, 0.1) is 35.3 Å². The van der Waals surface area contributed by atoms with Crippen molar-refractivity contribution in [1.82, 2.24) is 0 Å². The van der Waals surface area contributed by atoms with Crippen molar-refractivity contribution in [1.29, 1.82) is 0 Å². The smallest absolute Gasteiger partial charge is 0.238 e. The van der Waals surface area contributed by atoms with E-state index in [9.17, 15) is 18.4 Å². The van der Waals surface area contributed by atoms with Gasteiger partial charge < -0.3 is 0 Å². The first kappa shape index (κ1) is 19.8. The number of allylic oxidation sites excluding steroid dienone is 3. The van der Waals surface area contributed by atoms with Gasteiger partial charge in [-0.2, -0.15) is 0 Å². The standard InChI is InChI=1S/C28H19F2NO2/c29-20-12-7-13-21(30)26(20)31-27(32)24-18-14-15-19(25(24)28(31)33)23(18)22(16-8-3-1-4-9-16)17-10-5-2-6-11-17/h1-15,18-19,24-25H. The molecule has 3 nitrogen and oxygen atoms in total. The molecular formula is C28H19F2NO2. The van der Waals surface area contributed by atoms with Gasteiger partial charge in [-0.25, -0.2) is 13.7 Å². The zero-order valence-electron chi connectivity index (χ0n) is 17.5. The Morgan fingerprint density at radius 2 is 1.09 bits per heavy atom. The molecule has 4 atom stereocenters. The molecule has 3 aliphatic rings. The van der Waals surface area contributed by atoms with Crippen molar-refractivity contribution in [2.75, 3.05) is 4.90 Å². The Bertz CT molecular complexity index is 1250. The molecule has 4 unspecified atom stereocenters. The average Bonchev–Trinajstić information content (AvgIpc) is 3.46. The van der Waals surface area contributed by atoms with Crippen LogP contribution in [-0.2, 0) is 9.59 Å². The Labute approximate surface area is 189 Å². The quantitative estimate of drug-likeness (QED) is 0.406. The van der Waals surface area contributed by atoms with E-state index in [0.29, 0.717) is 0 Å². The van der Waals surface area contributed by atoms with Gasteiger partial charge in [-0.05, 0) is 34.4 Å². The van der Waals surface area contributed by atoms with Crippen molar-refractivity contribution in [3.63, 3.8) is 0 Å². The number of hydrogen-bond acceptors (Lipinski definition) is 2. The van der Waals surface area contributed by atoms with Gasteiger partial charge in [0, 0.05) is 11.8 Å². The second kappa shape index (κ2) is 7.34. The molecule has 3 aromatic carbocycles. The van der Waals surface area contributed by atoms with Crippen LogP contribution in [0.2, 0.25) is 0 Å². The van der Waals surface area contributed by atoms with Crippen molar-refractivity contribution in [2.45, 2.75) is 0 Å². The van der Waals surface area contributed by atoms with Crippen molar-refractivity contribution in [2.24, 2.45) is 23.7 Å². The number of benzene rings is 3. The minimum absolute atomic E-state index is 0.299. The summed E-state index contributed by atoms with van der Waals surface area (Å²) >= 11 is 0. The third kappa shape index (κ3) is 2.78. The Morgan fingerprint density at radius 1 is 0.636 bits per heavy atom. The van der Waals surface area contributed by atoms with Crippen LogP contribution in [0.1, 0.15) is 11.1 Å². The molecular weight excluding hydrogens is 420 g/mol. The summed E-state index contributed by atoms with van der Waals surface area (Å²) in [5, 5.41) is 0. The molecule has 3 aromatic rings. The summed E-state index contributed by atoms with van der Waals surface area (Å²) in [5.74, 6) is -4.83. The molecule has 1 saturated heterocycles. The molecule has 2 aliphatic carbocycles. The van der Waals surface area contributed by atoms with Crippen LogP contribution >= 0.6 is 0 Å². The number of para-hydroxylation sites is 1. The predicted molar refractivity (Wildman–Crippen MR) is 121 cm³/mol. The number of imide groups is 1. The second-order valence-electron chi connectivity index (χ2n) is 8.63. The highest BCUT2D eigenvalue weighted by Gasteiger charge is 2.63. The molecule has 1 saturated carbocycles. The Morgan fingerprint density at radius 3 is 1.55 bits per heavy atom. The van der Waals surface area contributed by atoms with E-state index in [1.165, 1.54) is 6.07 Å². The van der Waals surface area contributed by atoms with Crippen molar-refractivity contribution in [3.05, 3.63) is 119 Å². The SMILES string of the molecule is O=C1C2C3C=CC(C3=C(c3ccccc3)c3ccccc3)C2C(=O)N1c1c(F)cccc1F. The predicted octanol–water partition coefficient (Wildman–Crippen LogP) is 5.39. The largest absolute Gasteiger partial charge is 0.274 e. The molecule has 2 amide bonds. The van der Waals surface area contributed by atoms with Gasteiger partial charge in [0.2, 0.25) is 11.8 Å². The molecule has 1 heterocycles. The number of carbonyl (C=O) groups excluding carboxylic acids is 2. The Balaban J connectivity index is 1.50. The number of amides is 2. The molecule has 0 spiro atoms. The first-order chi connectivity index (χ1) is 16.1. The molecule has 5 heteroatoms. The normalized spacial score (nSPS) is 25.2. The molecule has 162 valence electrons. The summed E-state index contributed by atoms with van der Waals surface area (Å²) in [6, 6.07) is 23.2. The lowest BCUT2D eigenvalue weighted by molar-refractivity contribution is -0.123. The molecule has 0 radical (unpaired) electrons. The molecule has 33 heavy (non-hydrogen) atoms. The van der Waals surface area contributed by atoms with Crippen LogP contribution in [0.3, 0.4) is 0 Å². The van der Waals surface area contributed by atoms with Gasteiger partial charge in [0.25, 0.3) is 0 Å². The summed E-state index contributed by atoms with van der Waals surface area (Å²) in [5.41, 5.74) is 3.48. The Kier molecular flexibility index (Phi) is 4.40. The van der Waals surface area contributed by atoms with E-state index in [2.05, 4.69) is 0 Å². The van der Waals surface area contributed by atoms with Gasteiger partial charge in [-0.15, -0.1) is 0 Å². The fraction of sp³-hybridized carbons (Fsp3) is 0.143. The van der Waals surface area contributed by atoms with Crippen LogP contribution in [-0.4, -0.2) is 11.8 Å². The van der Waals surface area contributed by atoms with Crippen LogP contribution in [0.5, 0.6) is 0 Å². The summed E-state index contributed by atoms with van der Waals surface area (Å²) in [7, 11) is 0. The number of nitrogens with zero attached hydrogens (tertiary/aromatic N) is 1. The number of fused-ring (bicyclic) bond motifs is 5. The summed E-state index contributed by atoms with van der Waals surface area (Å²) in [6.07, 6.45) is 3.94. The van der Waals surface area contributed by atoms with E-state index in [4.69, 9.17) is 0 Å². The molecule has 0 N–H and O–H groups in total. The van der Waals surface area contributed by atoms with Crippen molar-refractivity contribution < 1.29 is 18.4 Å². The molecule has 2 bridgehead atoms. The lowest BCUT2D eigenvalue weighted by Crippen LogP contribution is -2.34. The maximum absolute atomic E-state index is 14.5. The molecule has 2 fully saturated rings. The average molecular weight is 439 g/mol. The van der Waals surface area contributed by atoms with E-state index in [-0.39, 0.29) is 11.8 Å². The second-order valence-corrected chi connectivity index (χ2v) is 8.63. The number of carbonyl (C=O) groups is 2. The van der Waals surface area contributed by atoms with Gasteiger partial charge in [0.1, 0.15) is 17.3 Å². The number of anilines is 1. The van der Waals surface area contributed by atoms with Gasteiger partial charge in [-0.3, -0.25) is 9.59 Å². The number of halogens is 2. The minimum Gasteiger partial charge on any atom is -0.274 e. The summed E-state index contributed by atoms with van der Waals surface area (Å²) in [4.78, 5) is 27.6. The highest BCUT2D eigenvalue weighted by atomic mass is 19.1. The van der Waals surface area contributed by atoms with E-state index < -0.39 is 41.0 Å². The zero-order chi connectivity index (χ0) is 22.7. The first-order valence-electron chi connectivity index (χ1n) is 10.9. The Hall–Kier alpha value is -3.86. The fourth-order valence-electron chi connectivity index (χ4n) is 5.73. The van der Waals surface area contributed by atoms with E-state index in [0.717, 1.165) is 39.3 Å². The lowest BCUT2D eigenvalue weighted by atomic mass is 9.85. The van der Waals surface area contributed by atoms with Crippen molar-refractivity contribution in [3.8, 4) is 0 Å². The van der Waals surface area contributed by atoms with Gasteiger partial charge in [0.15, 0.2) is 0 Å². The minimum atomic E-state index is -0.915. The summed E-state index contributed by atoms with van der Waals surface area (Å²) < 4.78 is 28.9. The monoisotopic (exact) mass is 439 g/mol. The van der Waals surface area contributed by atoms with Gasteiger partial charge >= 0.3 is 0 Å². The van der Waals surface area contributed by atoms with E-state index in [1.807, 2.05) is 72.8 Å². The summed E-state index contributed by atoms with van der Waals surface area (Å²) in [6.45, 7) is 0. The number of rotatable bonds is 3. The maximum Gasteiger partial charge on any atom is 0.238 e. The highest BCUT2D eigenvalue weighted by Crippen LogP contribution is 2.59. The zero-order valence-corrected chi connectivity index (χ0v) is 17.5. The van der Waals surface area contributed by atoms with Crippen LogP contribution < -0.4 is 4.90 Å². The molecule has 6 rings (SSSR count). The topological polar surface area (TPSA) is 37.4 Å². The highest BCUT2D eigenvalue weighted by molar-refractivity contribution is 6.23. The fourth-order valence-corrected chi connectivity index (χ4v) is 5.73. The van der Waals surface area contributed by atoms with Crippen LogP contribution in [0.4, 0.5) is 14.5 Å². The molecule has 1 aliphatic heterocycles. The number of hydrogen-bond donors (Lipinski definition) is 0. The third-order valence-corrected chi connectivity index (χ3v) is 6.99. The van der Waals surface area contributed by atoms with E-state index in [1.54, 1.807) is 0 Å². The van der Waals surface area contributed by atoms with Crippen LogP contribution in [0.15, 0.2) is 96.6 Å². The third-order valence-electron chi connectivity index (χ3n) is 6.99. The van der Waals surface area contributed by atoms with Gasteiger partial charge in [0.05, 0.1) is 11.8 Å². The van der Waals surface area contributed by atoms with E-state index >= 15 is 0 Å². The maximum atomic E-state index is 14.5. The first-order valence-corrected chi connectivity index (χ1v) is 10.9. The van der Waals surface area contributed by atoms with Gasteiger partial charge in [-0.1, -0.05) is 78.9 Å². The van der Waals surface area contributed by atoms with Crippen molar-refractivity contribution >= 4 is 23.1 Å².